The van der Waals surface area contributed by atoms with Crippen LogP contribution in [0.5, 0.6) is 5.75 Å². The van der Waals surface area contributed by atoms with E-state index >= 15 is 0 Å². The number of rotatable bonds is 2. The Morgan fingerprint density at radius 1 is 1.53 bits per heavy atom. The molecule has 0 aliphatic carbocycles. The quantitative estimate of drug-likeness (QED) is 0.906. The van der Waals surface area contributed by atoms with Crippen LogP contribution in [-0.4, -0.2) is 42.2 Å². The van der Waals surface area contributed by atoms with Gasteiger partial charge in [-0.15, -0.1) is 0 Å². The first kappa shape index (κ1) is 14.3. The number of hydrogen-bond donors (Lipinski definition) is 1. The zero-order valence-corrected chi connectivity index (χ0v) is 12.7. The Balaban J connectivity index is 2.13. The van der Waals surface area contributed by atoms with Crippen molar-refractivity contribution in [3.05, 3.63) is 28.2 Å². The third-order valence-corrected chi connectivity index (χ3v) is 4.17. The van der Waals surface area contributed by atoms with Crippen LogP contribution in [0, 0.1) is 5.92 Å². The summed E-state index contributed by atoms with van der Waals surface area (Å²) in [6, 6.07) is 5.32. The third kappa shape index (κ3) is 3.09. The first-order valence-electron chi connectivity index (χ1n) is 6.33. The molecule has 0 saturated carbocycles. The molecular weight excluding hydrogens is 310 g/mol. The largest absolute Gasteiger partial charge is 0.496 e. The molecule has 1 saturated heterocycles. The van der Waals surface area contributed by atoms with Gasteiger partial charge >= 0.3 is 0 Å². The summed E-state index contributed by atoms with van der Waals surface area (Å²) < 4.78 is 5.92. The zero-order chi connectivity index (χ0) is 14.0. The van der Waals surface area contributed by atoms with Crippen molar-refractivity contribution in [2.45, 2.75) is 19.4 Å². The average Bonchev–Trinajstić information content (AvgIpc) is 2.41. The lowest BCUT2D eigenvalue weighted by molar-refractivity contribution is 0.0297. The highest BCUT2D eigenvalue weighted by molar-refractivity contribution is 9.10. The number of nitrogens with zero attached hydrogens (tertiary/aromatic N) is 1. The molecule has 1 aliphatic heterocycles. The topological polar surface area (TPSA) is 49.8 Å². The number of hydrogen-bond acceptors (Lipinski definition) is 3. The van der Waals surface area contributed by atoms with E-state index in [1.807, 2.05) is 6.92 Å². The van der Waals surface area contributed by atoms with E-state index < -0.39 is 0 Å². The fourth-order valence-electron chi connectivity index (χ4n) is 2.30. The van der Waals surface area contributed by atoms with Crippen LogP contribution in [0.1, 0.15) is 23.7 Å². The van der Waals surface area contributed by atoms with Gasteiger partial charge in [0.15, 0.2) is 0 Å². The van der Waals surface area contributed by atoms with E-state index in [2.05, 4.69) is 15.9 Å². The summed E-state index contributed by atoms with van der Waals surface area (Å²) in [5.74, 6) is 0.834. The molecule has 0 spiro atoms. The van der Waals surface area contributed by atoms with Crippen LogP contribution in [-0.2, 0) is 0 Å². The van der Waals surface area contributed by atoms with E-state index in [-0.39, 0.29) is 17.9 Å². The molecule has 1 aliphatic rings. The molecule has 0 radical (unpaired) electrons. The van der Waals surface area contributed by atoms with Gasteiger partial charge in [-0.3, -0.25) is 4.79 Å². The Labute approximate surface area is 121 Å². The smallest absolute Gasteiger partial charge is 0.253 e. The average molecular weight is 328 g/mol. The van der Waals surface area contributed by atoms with Crippen molar-refractivity contribution < 1.29 is 14.6 Å². The summed E-state index contributed by atoms with van der Waals surface area (Å²) in [5, 5.41) is 9.70. The number of benzene rings is 1. The number of aliphatic hydroxyl groups is 1. The molecule has 0 aromatic heterocycles. The normalized spacial score (nSPS) is 23.3. The highest BCUT2D eigenvalue weighted by atomic mass is 79.9. The van der Waals surface area contributed by atoms with Gasteiger partial charge in [-0.05, 0) is 46.5 Å². The predicted molar refractivity (Wildman–Crippen MR) is 76.4 cm³/mol. The number of carbonyl (C=O) groups excluding carboxylic acids is 1. The zero-order valence-electron chi connectivity index (χ0n) is 11.1. The minimum absolute atomic E-state index is 0.00195. The predicted octanol–water partition coefficient (Wildman–Crippen LogP) is 2.30. The van der Waals surface area contributed by atoms with Gasteiger partial charge in [-0.2, -0.15) is 0 Å². The van der Waals surface area contributed by atoms with Gasteiger partial charge in [-0.1, -0.05) is 6.92 Å². The maximum Gasteiger partial charge on any atom is 0.253 e. The van der Waals surface area contributed by atoms with E-state index in [0.717, 1.165) is 4.47 Å². The summed E-state index contributed by atoms with van der Waals surface area (Å²) in [6.45, 7) is 3.17. The second-order valence-corrected chi connectivity index (χ2v) is 5.79. The number of piperidine rings is 1. The second-order valence-electron chi connectivity index (χ2n) is 4.93. The maximum atomic E-state index is 12.4. The fraction of sp³-hybridized carbons (Fsp3) is 0.500. The summed E-state index contributed by atoms with van der Waals surface area (Å²) in [6.07, 6.45) is 0.344. The minimum Gasteiger partial charge on any atom is -0.496 e. The molecule has 1 amide bonds. The van der Waals surface area contributed by atoms with Crippen molar-refractivity contribution in [3.63, 3.8) is 0 Å². The van der Waals surface area contributed by atoms with Crippen LogP contribution >= 0.6 is 15.9 Å². The molecule has 4 nitrogen and oxygen atoms in total. The Morgan fingerprint density at radius 3 is 2.84 bits per heavy atom. The summed E-state index contributed by atoms with van der Waals surface area (Å²) in [7, 11) is 1.59. The molecule has 2 rings (SSSR count). The molecule has 5 heteroatoms. The summed E-state index contributed by atoms with van der Waals surface area (Å²) in [4.78, 5) is 14.2. The highest BCUT2D eigenvalue weighted by Gasteiger charge is 2.27. The minimum atomic E-state index is -0.299. The van der Waals surface area contributed by atoms with Gasteiger partial charge in [0, 0.05) is 18.7 Å². The van der Waals surface area contributed by atoms with Crippen LogP contribution in [0.2, 0.25) is 0 Å². The van der Waals surface area contributed by atoms with Crippen molar-refractivity contribution >= 4 is 21.8 Å². The fourth-order valence-corrected chi connectivity index (χ4v) is 2.84. The number of aliphatic hydroxyl groups excluding tert-OH is 1. The van der Waals surface area contributed by atoms with Gasteiger partial charge in [0.05, 0.1) is 17.7 Å². The van der Waals surface area contributed by atoms with Gasteiger partial charge in [-0.25, -0.2) is 0 Å². The highest BCUT2D eigenvalue weighted by Crippen LogP contribution is 2.27. The standard InChI is InChI=1S/C14H18BrNO3/c1-9-8-16(6-5-12(9)17)14(18)10-3-4-13(19-2)11(15)7-10/h3-4,7,9,12,17H,5-6,8H2,1-2H3. The third-order valence-electron chi connectivity index (χ3n) is 3.55. The van der Waals surface area contributed by atoms with E-state index in [1.54, 1.807) is 30.2 Å². The van der Waals surface area contributed by atoms with Gasteiger partial charge in [0.2, 0.25) is 0 Å². The summed E-state index contributed by atoms with van der Waals surface area (Å²) in [5.41, 5.74) is 0.635. The van der Waals surface area contributed by atoms with E-state index in [0.29, 0.717) is 30.8 Å². The van der Waals surface area contributed by atoms with Crippen LogP contribution in [0.4, 0.5) is 0 Å². The SMILES string of the molecule is COc1ccc(C(=O)N2CCC(O)C(C)C2)cc1Br. The Kier molecular flexibility index (Phi) is 4.47. The molecule has 1 aromatic carbocycles. The number of halogens is 1. The molecule has 2 atom stereocenters. The van der Waals surface area contributed by atoms with Gasteiger partial charge in [0.25, 0.3) is 5.91 Å². The number of methoxy groups -OCH3 is 1. The lowest BCUT2D eigenvalue weighted by Crippen LogP contribution is -2.44. The van der Waals surface area contributed by atoms with Crippen molar-refractivity contribution in [1.29, 1.82) is 0 Å². The molecular formula is C14H18BrNO3. The van der Waals surface area contributed by atoms with Crippen LogP contribution in [0.15, 0.2) is 22.7 Å². The van der Waals surface area contributed by atoms with E-state index in [9.17, 15) is 9.90 Å². The van der Waals surface area contributed by atoms with Crippen molar-refractivity contribution in [3.8, 4) is 5.75 Å². The van der Waals surface area contributed by atoms with Crippen molar-refractivity contribution in [2.75, 3.05) is 20.2 Å². The van der Waals surface area contributed by atoms with E-state index in [1.165, 1.54) is 0 Å². The molecule has 2 unspecified atom stereocenters. The first-order valence-corrected chi connectivity index (χ1v) is 7.13. The molecule has 0 bridgehead atoms. The lowest BCUT2D eigenvalue weighted by atomic mass is 9.96. The van der Waals surface area contributed by atoms with Gasteiger partial charge < -0.3 is 14.7 Å². The molecule has 1 aromatic rings. The van der Waals surface area contributed by atoms with Crippen LogP contribution < -0.4 is 4.74 Å². The Bertz CT molecular complexity index is 478. The first-order chi connectivity index (χ1) is 9.02. The molecule has 1 fully saturated rings. The Morgan fingerprint density at radius 2 is 2.26 bits per heavy atom. The number of amides is 1. The monoisotopic (exact) mass is 327 g/mol. The number of carbonyl (C=O) groups is 1. The van der Waals surface area contributed by atoms with Crippen molar-refractivity contribution in [2.24, 2.45) is 5.92 Å². The summed E-state index contributed by atoms with van der Waals surface area (Å²) >= 11 is 3.39. The van der Waals surface area contributed by atoms with Gasteiger partial charge in [0.1, 0.15) is 5.75 Å². The number of likely N-dealkylation sites (tertiary alicyclic amines) is 1. The number of ether oxygens (including phenoxy) is 1. The molecule has 104 valence electrons. The molecule has 1 heterocycles. The maximum absolute atomic E-state index is 12.4. The van der Waals surface area contributed by atoms with Crippen LogP contribution in [0.25, 0.3) is 0 Å². The lowest BCUT2D eigenvalue weighted by Gasteiger charge is -2.34. The second kappa shape index (κ2) is 5.92. The van der Waals surface area contributed by atoms with Crippen LogP contribution in [0.3, 0.4) is 0 Å². The van der Waals surface area contributed by atoms with E-state index in [4.69, 9.17) is 4.74 Å². The van der Waals surface area contributed by atoms with Crippen molar-refractivity contribution in [1.82, 2.24) is 4.90 Å². The molecule has 1 N–H and O–H groups in total. The Hall–Kier alpha value is -1.07. The molecule has 19 heavy (non-hydrogen) atoms.